The maximum Gasteiger partial charge on any atom is 0.261 e. The van der Waals surface area contributed by atoms with Gasteiger partial charge in [0.25, 0.3) is 5.91 Å². The van der Waals surface area contributed by atoms with Gasteiger partial charge in [0.1, 0.15) is 18.1 Å². The average molecular weight is 476 g/mol. The lowest BCUT2D eigenvalue weighted by atomic mass is 10.2. The average Bonchev–Trinajstić information content (AvgIpc) is 2.73. The molecule has 29 heavy (non-hydrogen) atoms. The Morgan fingerprint density at radius 3 is 2.79 bits per heavy atom. The fraction of sp³-hybridized carbons (Fsp3) is 0.182. The molecule has 3 rings (SSSR count). The zero-order valence-corrected chi connectivity index (χ0v) is 18.1. The molecule has 7 heteroatoms. The second kappa shape index (κ2) is 10.3. The number of rotatable bonds is 8. The number of carbonyl (C=O) groups excluding carboxylic acids is 1. The lowest BCUT2D eigenvalue weighted by molar-refractivity contribution is -0.127. The van der Waals surface area contributed by atoms with Gasteiger partial charge in [0, 0.05) is 17.8 Å². The van der Waals surface area contributed by atoms with E-state index in [1.54, 1.807) is 31.3 Å². The molecule has 1 heterocycles. The molecule has 1 amide bonds. The summed E-state index contributed by atoms with van der Waals surface area (Å²) in [6.45, 7) is 2.45. The summed E-state index contributed by atoms with van der Waals surface area (Å²) in [4.78, 5) is 16.6. The zero-order chi connectivity index (χ0) is 20.6. The summed E-state index contributed by atoms with van der Waals surface area (Å²) in [5, 5.41) is 3.47. The Hall–Kier alpha value is -2.57. The summed E-state index contributed by atoms with van der Waals surface area (Å²) in [5.74, 6) is 1.06. The number of nitrogens with one attached hydrogen (secondary N) is 1. The predicted molar refractivity (Wildman–Crippen MR) is 116 cm³/mol. The Morgan fingerprint density at radius 2 is 2.03 bits per heavy atom. The Bertz CT molecular complexity index is 969. The van der Waals surface area contributed by atoms with E-state index >= 15 is 0 Å². The van der Waals surface area contributed by atoms with Crippen LogP contribution in [-0.4, -0.2) is 17.0 Å². The number of amides is 1. The van der Waals surface area contributed by atoms with Crippen LogP contribution in [0.25, 0.3) is 0 Å². The van der Waals surface area contributed by atoms with Crippen molar-refractivity contribution in [2.24, 2.45) is 0 Å². The lowest BCUT2D eigenvalue weighted by Crippen LogP contribution is -2.35. The minimum Gasteiger partial charge on any atom is -0.487 e. The van der Waals surface area contributed by atoms with Gasteiger partial charge in [0.15, 0.2) is 6.10 Å². The summed E-state index contributed by atoms with van der Waals surface area (Å²) >= 11 is 9.31. The minimum absolute atomic E-state index is 0.216. The van der Waals surface area contributed by atoms with Gasteiger partial charge in [0.05, 0.1) is 10.2 Å². The van der Waals surface area contributed by atoms with Crippen molar-refractivity contribution in [3.05, 3.63) is 87.6 Å². The summed E-state index contributed by atoms with van der Waals surface area (Å²) < 4.78 is 12.2. The van der Waals surface area contributed by atoms with E-state index in [-0.39, 0.29) is 5.91 Å². The molecule has 1 atom stereocenters. The Balaban J connectivity index is 1.51. The van der Waals surface area contributed by atoms with E-state index in [1.165, 1.54) is 0 Å². The van der Waals surface area contributed by atoms with E-state index in [1.807, 2.05) is 42.5 Å². The number of pyridine rings is 1. The molecule has 0 fully saturated rings. The fourth-order valence-electron chi connectivity index (χ4n) is 2.53. The molecule has 1 unspecified atom stereocenters. The van der Waals surface area contributed by atoms with Crippen molar-refractivity contribution in [1.29, 1.82) is 0 Å². The van der Waals surface area contributed by atoms with Crippen LogP contribution in [0.2, 0.25) is 5.02 Å². The second-order valence-corrected chi connectivity index (χ2v) is 7.60. The molecule has 2 aromatic carbocycles. The van der Waals surface area contributed by atoms with E-state index in [0.717, 1.165) is 17.0 Å². The van der Waals surface area contributed by atoms with Gasteiger partial charge in [-0.2, -0.15) is 0 Å². The summed E-state index contributed by atoms with van der Waals surface area (Å²) in [7, 11) is 0. The van der Waals surface area contributed by atoms with E-state index < -0.39 is 6.10 Å². The fourth-order valence-corrected chi connectivity index (χ4v) is 3.31. The number of hydrogen-bond donors (Lipinski definition) is 1. The largest absolute Gasteiger partial charge is 0.487 e. The lowest BCUT2D eigenvalue weighted by Gasteiger charge is -2.16. The van der Waals surface area contributed by atoms with Crippen LogP contribution in [0.1, 0.15) is 18.2 Å². The van der Waals surface area contributed by atoms with Crippen molar-refractivity contribution < 1.29 is 14.3 Å². The van der Waals surface area contributed by atoms with Crippen molar-refractivity contribution in [2.45, 2.75) is 26.2 Å². The molecule has 0 saturated carbocycles. The Labute approximate surface area is 183 Å². The third-order valence-electron chi connectivity index (χ3n) is 4.04. The van der Waals surface area contributed by atoms with Crippen LogP contribution in [0, 0.1) is 0 Å². The number of halogens is 2. The van der Waals surface area contributed by atoms with Gasteiger partial charge in [0.2, 0.25) is 0 Å². The molecular weight excluding hydrogens is 456 g/mol. The summed E-state index contributed by atoms with van der Waals surface area (Å²) in [5.41, 5.74) is 1.78. The highest BCUT2D eigenvalue weighted by Gasteiger charge is 2.16. The van der Waals surface area contributed by atoms with Gasteiger partial charge in [-0.05, 0) is 70.9 Å². The van der Waals surface area contributed by atoms with Crippen molar-refractivity contribution in [1.82, 2.24) is 10.3 Å². The van der Waals surface area contributed by atoms with Crippen LogP contribution in [0.5, 0.6) is 11.5 Å². The molecule has 0 aliphatic rings. The van der Waals surface area contributed by atoms with Crippen LogP contribution >= 0.6 is 27.5 Å². The normalized spacial score (nSPS) is 11.6. The minimum atomic E-state index is -0.656. The van der Waals surface area contributed by atoms with Crippen LogP contribution in [0.15, 0.2) is 71.3 Å². The molecule has 5 nitrogen and oxygen atoms in total. The summed E-state index contributed by atoms with van der Waals surface area (Å²) in [6, 6.07) is 18.4. The van der Waals surface area contributed by atoms with E-state index in [9.17, 15) is 4.79 Å². The van der Waals surface area contributed by atoms with E-state index in [4.69, 9.17) is 21.1 Å². The SMILES string of the molecule is CC(Oc1ccc(Cl)cc1Br)C(=O)NCc1cccc(OCc2ccccn2)c1. The van der Waals surface area contributed by atoms with Gasteiger partial charge < -0.3 is 14.8 Å². The number of ether oxygens (including phenoxy) is 2. The predicted octanol–water partition coefficient (Wildman–Crippen LogP) is 5.16. The standard InChI is InChI=1S/C22H20BrClN2O3/c1-15(29-21-9-8-17(24)12-20(21)23)22(27)26-13-16-5-4-7-19(11-16)28-14-18-6-2-3-10-25-18/h2-12,15H,13-14H2,1H3,(H,26,27). The maximum absolute atomic E-state index is 12.4. The molecule has 0 saturated heterocycles. The highest BCUT2D eigenvalue weighted by molar-refractivity contribution is 9.10. The number of hydrogen-bond acceptors (Lipinski definition) is 4. The maximum atomic E-state index is 12.4. The van der Waals surface area contributed by atoms with Gasteiger partial charge in [-0.25, -0.2) is 0 Å². The second-order valence-electron chi connectivity index (χ2n) is 6.31. The molecular formula is C22H20BrClN2O3. The number of nitrogens with zero attached hydrogens (tertiary/aromatic N) is 1. The Morgan fingerprint density at radius 1 is 1.17 bits per heavy atom. The third kappa shape index (κ3) is 6.48. The molecule has 0 aliphatic carbocycles. The molecule has 1 N–H and O–H groups in total. The first-order valence-corrected chi connectivity index (χ1v) is 10.2. The third-order valence-corrected chi connectivity index (χ3v) is 4.90. The van der Waals surface area contributed by atoms with Gasteiger partial charge >= 0.3 is 0 Å². The van der Waals surface area contributed by atoms with Gasteiger partial charge in [-0.15, -0.1) is 0 Å². The first-order valence-electron chi connectivity index (χ1n) is 9.02. The molecule has 150 valence electrons. The monoisotopic (exact) mass is 474 g/mol. The molecule has 1 aromatic heterocycles. The van der Waals surface area contributed by atoms with Crippen molar-refractivity contribution in [3.8, 4) is 11.5 Å². The highest BCUT2D eigenvalue weighted by Crippen LogP contribution is 2.28. The molecule has 0 aliphatic heterocycles. The van der Waals surface area contributed by atoms with Crippen molar-refractivity contribution in [2.75, 3.05) is 0 Å². The quantitative estimate of drug-likeness (QED) is 0.489. The molecule has 0 spiro atoms. The number of carbonyl (C=O) groups is 1. The van der Waals surface area contributed by atoms with Crippen LogP contribution in [0.4, 0.5) is 0 Å². The molecule has 0 bridgehead atoms. The Kier molecular flexibility index (Phi) is 7.49. The summed E-state index contributed by atoms with van der Waals surface area (Å²) in [6.07, 6.45) is 1.08. The smallest absolute Gasteiger partial charge is 0.261 e. The van der Waals surface area contributed by atoms with E-state index in [2.05, 4.69) is 26.2 Å². The zero-order valence-electron chi connectivity index (χ0n) is 15.8. The number of aromatic nitrogens is 1. The van der Waals surface area contributed by atoms with Crippen LogP contribution < -0.4 is 14.8 Å². The van der Waals surface area contributed by atoms with Crippen molar-refractivity contribution >= 4 is 33.4 Å². The first-order chi connectivity index (χ1) is 14.0. The topological polar surface area (TPSA) is 60.5 Å². The van der Waals surface area contributed by atoms with Crippen LogP contribution in [-0.2, 0) is 17.9 Å². The van der Waals surface area contributed by atoms with E-state index in [0.29, 0.717) is 28.4 Å². The first kappa shape index (κ1) is 21.1. The van der Waals surface area contributed by atoms with Gasteiger partial charge in [-0.1, -0.05) is 29.8 Å². The highest BCUT2D eigenvalue weighted by atomic mass is 79.9. The molecule has 0 radical (unpaired) electrons. The van der Waals surface area contributed by atoms with Crippen molar-refractivity contribution in [3.63, 3.8) is 0 Å². The van der Waals surface area contributed by atoms with Gasteiger partial charge in [-0.3, -0.25) is 9.78 Å². The molecule has 3 aromatic rings. The number of benzene rings is 2. The van der Waals surface area contributed by atoms with Crippen LogP contribution in [0.3, 0.4) is 0 Å².